The van der Waals surface area contributed by atoms with E-state index in [9.17, 15) is 4.79 Å². The smallest absolute Gasteiger partial charge is 0.317 e. The molecule has 1 aromatic carbocycles. The van der Waals surface area contributed by atoms with Gasteiger partial charge < -0.3 is 15.0 Å². The van der Waals surface area contributed by atoms with Gasteiger partial charge in [0.05, 0.1) is 12.2 Å². The Morgan fingerprint density at radius 3 is 2.54 bits per heavy atom. The molecule has 2 heterocycles. The van der Waals surface area contributed by atoms with Gasteiger partial charge in [0.2, 0.25) is 0 Å². The van der Waals surface area contributed by atoms with E-state index in [0.717, 1.165) is 43.9 Å². The number of hydrogen-bond donors (Lipinski definition) is 1. The Hall–Kier alpha value is -1.89. The fourth-order valence-corrected chi connectivity index (χ4v) is 3.90. The van der Waals surface area contributed by atoms with E-state index in [1.54, 1.807) is 11.3 Å². The summed E-state index contributed by atoms with van der Waals surface area (Å²) in [7, 11) is 0. The molecule has 6 heteroatoms. The van der Waals surface area contributed by atoms with Gasteiger partial charge in [-0.25, -0.2) is 4.79 Å². The van der Waals surface area contributed by atoms with Crippen LogP contribution >= 0.6 is 11.3 Å². The van der Waals surface area contributed by atoms with Crippen LogP contribution in [0, 0.1) is 0 Å². The second-order valence-electron chi connectivity index (χ2n) is 8.22. The molecule has 1 saturated heterocycles. The first-order chi connectivity index (χ1) is 13.4. The summed E-state index contributed by atoms with van der Waals surface area (Å²) in [5, 5.41) is 5.17. The summed E-state index contributed by atoms with van der Waals surface area (Å²) < 4.78 is 5.84. The zero-order valence-corrected chi connectivity index (χ0v) is 17.9. The maximum Gasteiger partial charge on any atom is 0.317 e. The summed E-state index contributed by atoms with van der Waals surface area (Å²) in [6.45, 7) is 11.7. The maximum absolute atomic E-state index is 12.5. The zero-order valence-electron chi connectivity index (χ0n) is 17.1. The van der Waals surface area contributed by atoms with Gasteiger partial charge in [0.1, 0.15) is 0 Å². The van der Waals surface area contributed by atoms with Gasteiger partial charge in [0.15, 0.2) is 0 Å². The summed E-state index contributed by atoms with van der Waals surface area (Å²) in [6, 6.07) is 12.5. The topological polar surface area (TPSA) is 44.8 Å². The summed E-state index contributed by atoms with van der Waals surface area (Å²) >= 11 is 1.79. The molecule has 0 unspecified atom stereocenters. The number of nitrogens with zero attached hydrogens (tertiary/aromatic N) is 2. The van der Waals surface area contributed by atoms with E-state index >= 15 is 0 Å². The van der Waals surface area contributed by atoms with Crippen LogP contribution in [0.15, 0.2) is 41.8 Å². The summed E-state index contributed by atoms with van der Waals surface area (Å²) in [4.78, 5) is 18.2. The van der Waals surface area contributed by atoms with E-state index in [4.69, 9.17) is 4.74 Å². The van der Waals surface area contributed by atoms with Gasteiger partial charge in [0.25, 0.3) is 0 Å². The first-order valence-corrected chi connectivity index (χ1v) is 10.8. The molecule has 0 saturated carbocycles. The lowest BCUT2D eigenvalue weighted by atomic mass is 10.1. The van der Waals surface area contributed by atoms with Crippen LogP contribution in [-0.4, -0.2) is 47.6 Å². The first-order valence-electron chi connectivity index (χ1n) is 9.88. The fraction of sp³-hybridized carbons (Fsp3) is 0.500. The highest BCUT2D eigenvalue weighted by Crippen LogP contribution is 2.15. The summed E-state index contributed by atoms with van der Waals surface area (Å²) in [6.07, 6.45) is 0. The molecule has 0 spiro atoms. The van der Waals surface area contributed by atoms with Gasteiger partial charge in [-0.2, -0.15) is 0 Å². The Bertz CT molecular complexity index is 747. The van der Waals surface area contributed by atoms with Crippen molar-refractivity contribution >= 4 is 17.4 Å². The van der Waals surface area contributed by atoms with Crippen LogP contribution in [0.25, 0.3) is 0 Å². The van der Waals surface area contributed by atoms with Gasteiger partial charge in [0, 0.05) is 44.1 Å². The standard InChI is InChI=1S/C22H31N3O2S/c1-22(2,3)27-17-19-7-4-6-18(14-19)15-23-21(26)25-11-9-24(10-12-25)16-20-8-5-13-28-20/h4-8,13-14H,9-12,15-17H2,1-3H3,(H,23,26). The van der Waals surface area contributed by atoms with Crippen molar-refractivity contribution in [3.8, 4) is 0 Å². The second kappa shape index (κ2) is 9.54. The predicted molar refractivity (Wildman–Crippen MR) is 114 cm³/mol. The molecular formula is C22H31N3O2S. The molecule has 152 valence electrons. The van der Waals surface area contributed by atoms with Gasteiger partial charge in [-0.05, 0) is 43.3 Å². The third kappa shape index (κ3) is 6.62. The summed E-state index contributed by atoms with van der Waals surface area (Å²) in [5.74, 6) is 0. The highest BCUT2D eigenvalue weighted by Gasteiger charge is 2.21. The van der Waals surface area contributed by atoms with Crippen molar-refractivity contribution in [3.63, 3.8) is 0 Å². The normalized spacial score (nSPS) is 15.6. The van der Waals surface area contributed by atoms with Crippen molar-refractivity contribution in [1.29, 1.82) is 0 Å². The number of amides is 2. The molecule has 2 amide bonds. The molecule has 0 bridgehead atoms. The van der Waals surface area contributed by atoms with Gasteiger partial charge in [-0.3, -0.25) is 4.90 Å². The van der Waals surface area contributed by atoms with Crippen molar-refractivity contribution in [3.05, 3.63) is 57.8 Å². The molecular weight excluding hydrogens is 370 g/mol. The lowest BCUT2D eigenvalue weighted by Gasteiger charge is -2.34. The highest BCUT2D eigenvalue weighted by atomic mass is 32.1. The molecule has 3 rings (SSSR count). The lowest BCUT2D eigenvalue weighted by Crippen LogP contribution is -2.51. The highest BCUT2D eigenvalue weighted by molar-refractivity contribution is 7.09. The van der Waals surface area contributed by atoms with Gasteiger partial charge >= 0.3 is 6.03 Å². The van der Waals surface area contributed by atoms with Gasteiger partial charge in [-0.1, -0.05) is 30.3 Å². The van der Waals surface area contributed by atoms with Crippen LogP contribution in [0.1, 0.15) is 36.8 Å². The molecule has 0 radical (unpaired) electrons. The Morgan fingerprint density at radius 2 is 1.86 bits per heavy atom. The number of piperazine rings is 1. The Morgan fingerprint density at radius 1 is 1.11 bits per heavy atom. The fourth-order valence-electron chi connectivity index (χ4n) is 3.15. The van der Waals surface area contributed by atoms with Crippen molar-refractivity contribution in [2.45, 2.75) is 46.1 Å². The van der Waals surface area contributed by atoms with E-state index in [0.29, 0.717) is 13.2 Å². The molecule has 0 atom stereocenters. The number of hydrogen-bond acceptors (Lipinski definition) is 4. The number of urea groups is 1. The Balaban J connectivity index is 1.42. The Kier molecular flexibility index (Phi) is 7.10. The SMILES string of the molecule is CC(C)(C)OCc1cccc(CNC(=O)N2CCN(Cc3cccs3)CC2)c1. The minimum Gasteiger partial charge on any atom is -0.371 e. The van der Waals surface area contributed by atoms with Crippen LogP contribution in [0.5, 0.6) is 0 Å². The van der Waals surface area contributed by atoms with E-state index in [1.807, 2.05) is 17.0 Å². The zero-order chi connectivity index (χ0) is 20.0. The summed E-state index contributed by atoms with van der Waals surface area (Å²) in [5.41, 5.74) is 2.07. The molecule has 1 aromatic heterocycles. The van der Waals surface area contributed by atoms with Crippen LogP contribution in [0.2, 0.25) is 0 Å². The monoisotopic (exact) mass is 401 g/mol. The molecule has 28 heavy (non-hydrogen) atoms. The molecule has 5 nitrogen and oxygen atoms in total. The molecule has 1 fully saturated rings. The number of rotatable bonds is 6. The molecule has 1 aliphatic rings. The average molecular weight is 402 g/mol. The van der Waals surface area contributed by atoms with Crippen LogP contribution in [0.4, 0.5) is 4.79 Å². The van der Waals surface area contributed by atoms with E-state index in [2.05, 4.69) is 60.6 Å². The molecule has 0 aliphatic carbocycles. The number of carbonyl (C=O) groups is 1. The number of benzene rings is 1. The van der Waals surface area contributed by atoms with E-state index < -0.39 is 0 Å². The molecule has 2 aromatic rings. The second-order valence-corrected chi connectivity index (χ2v) is 9.25. The van der Waals surface area contributed by atoms with Crippen molar-refractivity contribution in [2.75, 3.05) is 26.2 Å². The number of nitrogens with one attached hydrogen (secondary N) is 1. The van der Waals surface area contributed by atoms with Crippen molar-refractivity contribution in [2.24, 2.45) is 0 Å². The van der Waals surface area contributed by atoms with E-state index in [-0.39, 0.29) is 11.6 Å². The number of carbonyl (C=O) groups excluding carboxylic acids is 1. The predicted octanol–water partition coefficient (Wildman–Crippen LogP) is 4.09. The largest absolute Gasteiger partial charge is 0.371 e. The number of ether oxygens (including phenoxy) is 1. The maximum atomic E-state index is 12.5. The van der Waals surface area contributed by atoms with Crippen molar-refractivity contribution < 1.29 is 9.53 Å². The third-order valence-corrected chi connectivity index (χ3v) is 5.59. The van der Waals surface area contributed by atoms with Crippen molar-refractivity contribution in [1.82, 2.24) is 15.1 Å². The first kappa shape index (κ1) is 20.8. The van der Waals surface area contributed by atoms with Crippen LogP contribution in [0.3, 0.4) is 0 Å². The lowest BCUT2D eigenvalue weighted by molar-refractivity contribution is -0.0149. The van der Waals surface area contributed by atoms with Crippen LogP contribution in [-0.2, 0) is 24.4 Å². The Labute approximate surface area is 172 Å². The molecule has 1 aliphatic heterocycles. The van der Waals surface area contributed by atoms with Crippen LogP contribution < -0.4 is 5.32 Å². The molecule has 1 N–H and O–H groups in total. The number of thiophene rings is 1. The van der Waals surface area contributed by atoms with Gasteiger partial charge in [-0.15, -0.1) is 11.3 Å². The average Bonchev–Trinajstić information content (AvgIpc) is 3.18. The minimum atomic E-state index is -0.157. The third-order valence-electron chi connectivity index (χ3n) is 4.73. The van der Waals surface area contributed by atoms with E-state index in [1.165, 1.54) is 4.88 Å². The minimum absolute atomic E-state index is 0.0205. The quantitative estimate of drug-likeness (QED) is 0.793.